The zero-order chi connectivity index (χ0) is 15.2. The molecule has 0 fully saturated rings. The van der Waals surface area contributed by atoms with Crippen LogP contribution in [0.15, 0.2) is 0 Å². The SMILES string of the molecule is CC(NC(=O)NC(CO)C(=O)O)C(=O)NC(C)(C)C. The predicted molar refractivity (Wildman–Crippen MR) is 67.5 cm³/mol. The van der Waals surface area contributed by atoms with Gasteiger partial charge in [-0.3, -0.25) is 4.79 Å². The van der Waals surface area contributed by atoms with Crippen molar-refractivity contribution < 1.29 is 24.6 Å². The summed E-state index contributed by atoms with van der Waals surface area (Å²) in [5.74, 6) is -1.75. The van der Waals surface area contributed by atoms with Crippen LogP contribution in [-0.2, 0) is 9.59 Å². The summed E-state index contributed by atoms with van der Waals surface area (Å²) in [7, 11) is 0. The van der Waals surface area contributed by atoms with Gasteiger partial charge in [0.05, 0.1) is 6.61 Å². The molecule has 8 nitrogen and oxygen atoms in total. The lowest BCUT2D eigenvalue weighted by atomic mass is 10.1. The third-order valence-corrected chi connectivity index (χ3v) is 2.03. The predicted octanol–water partition coefficient (Wildman–Crippen LogP) is -0.966. The number of aliphatic carboxylic acids is 1. The van der Waals surface area contributed by atoms with E-state index in [4.69, 9.17) is 10.2 Å². The minimum atomic E-state index is -1.40. The van der Waals surface area contributed by atoms with E-state index in [1.54, 1.807) is 20.8 Å². The lowest BCUT2D eigenvalue weighted by Crippen LogP contribution is -2.55. The fourth-order valence-corrected chi connectivity index (χ4v) is 1.13. The van der Waals surface area contributed by atoms with Gasteiger partial charge in [0.1, 0.15) is 6.04 Å². The molecule has 110 valence electrons. The first-order valence-electron chi connectivity index (χ1n) is 5.79. The van der Waals surface area contributed by atoms with Gasteiger partial charge in [0.2, 0.25) is 5.91 Å². The summed E-state index contributed by atoms with van der Waals surface area (Å²) in [4.78, 5) is 33.7. The molecular formula is C11H21N3O5. The Hall–Kier alpha value is -1.83. The molecule has 0 aliphatic carbocycles. The number of hydrogen-bond donors (Lipinski definition) is 5. The first-order valence-corrected chi connectivity index (χ1v) is 5.79. The molecule has 0 rings (SSSR count). The fraction of sp³-hybridized carbons (Fsp3) is 0.727. The Labute approximate surface area is 111 Å². The highest BCUT2D eigenvalue weighted by atomic mass is 16.4. The van der Waals surface area contributed by atoms with Crippen LogP contribution in [0.4, 0.5) is 4.79 Å². The second kappa shape index (κ2) is 6.93. The van der Waals surface area contributed by atoms with Crippen LogP contribution in [0.1, 0.15) is 27.7 Å². The number of urea groups is 1. The van der Waals surface area contributed by atoms with Gasteiger partial charge in [-0.05, 0) is 27.7 Å². The van der Waals surface area contributed by atoms with Crippen molar-refractivity contribution in [1.82, 2.24) is 16.0 Å². The number of nitrogens with one attached hydrogen (secondary N) is 3. The number of carboxylic acid groups (broad SMARTS) is 1. The van der Waals surface area contributed by atoms with Gasteiger partial charge in [-0.1, -0.05) is 0 Å². The molecule has 19 heavy (non-hydrogen) atoms. The molecule has 2 unspecified atom stereocenters. The maximum atomic E-state index is 11.7. The Bertz CT molecular complexity index is 351. The van der Waals surface area contributed by atoms with Gasteiger partial charge in [-0.25, -0.2) is 9.59 Å². The number of carbonyl (C=O) groups excluding carboxylic acids is 2. The average Bonchev–Trinajstić information content (AvgIpc) is 2.22. The van der Waals surface area contributed by atoms with Gasteiger partial charge in [-0.2, -0.15) is 0 Å². The maximum absolute atomic E-state index is 11.7. The molecule has 0 radical (unpaired) electrons. The van der Waals surface area contributed by atoms with E-state index in [1.165, 1.54) is 6.92 Å². The average molecular weight is 275 g/mol. The van der Waals surface area contributed by atoms with Crippen LogP contribution < -0.4 is 16.0 Å². The summed E-state index contributed by atoms with van der Waals surface area (Å²) in [5, 5.41) is 24.4. The van der Waals surface area contributed by atoms with Crippen LogP contribution in [0, 0.1) is 0 Å². The normalized spacial score (nSPS) is 14.2. The highest BCUT2D eigenvalue weighted by molar-refractivity contribution is 5.88. The Morgan fingerprint density at radius 3 is 2.05 bits per heavy atom. The zero-order valence-electron chi connectivity index (χ0n) is 11.5. The van der Waals surface area contributed by atoms with Gasteiger partial charge < -0.3 is 26.2 Å². The van der Waals surface area contributed by atoms with Crippen LogP contribution >= 0.6 is 0 Å². The molecule has 0 bridgehead atoms. The number of carboxylic acids is 1. The van der Waals surface area contributed by atoms with E-state index in [0.717, 1.165) is 0 Å². The van der Waals surface area contributed by atoms with Gasteiger partial charge >= 0.3 is 12.0 Å². The van der Waals surface area contributed by atoms with E-state index in [9.17, 15) is 14.4 Å². The van der Waals surface area contributed by atoms with Gasteiger partial charge in [0.25, 0.3) is 0 Å². The number of aliphatic hydroxyl groups excluding tert-OH is 1. The second-order valence-electron chi connectivity index (χ2n) is 5.15. The third kappa shape index (κ3) is 7.24. The summed E-state index contributed by atoms with van der Waals surface area (Å²) in [6.07, 6.45) is 0. The highest BCUT2D eigenvalue weighted by Gasteiger charge is 2.23. The molecular weight excluding hydrogens is 254 g/mol. The smallest absolute Gasteiger partial charge is 0.328 e. The number of aliphatic hydroxyl groups is 1. The molecule has 0 saturated heterocycles. The molecule has 0 heterocycles. The second-order valence-corrected chi connectivity index (χ2v) is 5.15. The topological polar surface area (TPSA) is 128 Å². The van der Waals surface area contributed by atoms with E-state index >= 15 is 0 Å². The highest BCUT2D eigenvalue weighted by Crippen LogP contribution is 1.99. The molecule has 0 aromatic rings. The van der Waals surface area contributed by atoms with E-state index in [0.29, 0.717) is 0 Å². The number of amides is 3. The molecule has 0 aromatic heterocycles. The van der Waals surface area contributed by atoms with Crippen molar-refractivity contribution >= 4 is 17.9 Å². The van der Waals surface area contributed by atoms with Crippen molar-refractivity contribution in [3.8, 4) is 0 Å². The largest absolute Gasteiger partial charge is 0.480 e. The number of rotatable bonds is 5. The van der Waals surface area contributed by atoms with E-state index < -0.39 is 42.1 Å². The van der Waals surface area contributed by atoms with Crippen LogP contribution in [0.5, 0.6) is 0 Å². The minimum absolute atomic E-state index is 0.390. The van der Waals surface area contributed by atoms with Crippen molar-refractivity contribution in [2.75, 3.05) is 6.61 Å². The van der Waals surface area contributed by atoms with Crippen molar-refractivity contribution in [3.05, 3.63) is 0 Å². The fourth-order valence-electron chi connectivity index (χ4n) is 1.13. The van der Waals surface area contributed by atoms with E-state index in [2.05, 4.69) is 10.6 Å². The summed E-state index contributed by atoms with van der Waals surface area (Å²) in [5.41, 5.74) is -0.432. The lowest BCUT2D eigenvalue weighted by Gasteiger charge is -2.24. The Morgan fingerprint density at radius 2 is 1.68 bits per heavy atom. The lowest BCUT2D eigenvalue weighted by molar-refractivity contribution is -0.140. The molecule has 5 N–H and O–H groups in total. The quantitative estimate of drug-likeness (QED) is 0.441. The summed E-state index contributed by atoms with van der Waals surface area (Å²) in [6, 6.07) is -3.07. The summed E-state index contributed by atoms with van der Waals surface area (Å²) >= 11 is 0. The van der Waals surface area contributed by atoms with Crippen LogP contribution in [0.25, 0.3) is 0 Å². The van der Waals surface area contributed by atoms with Crippen LogP contribution in [0.2, 0.25) is 0 Å². The van der Waals surface area contributed by atoms with Crippen LogP contribution in [-0.4, -0.2) is 52.4 Å². The molecule has 0 saturated carbocycles. The first kappa shape index (κ1) is 17.2. The van der Waals surface area contributed by atoms with Crippen molar-refractivity contribution in [1.29, 1.82) is 0 Å². The molecule has 2 atom stereocenters. The third-order valence-electron chi connectivity index (χ3n) is 2.03. The van der Waals surface area contributed by atoms with E-state index in [-0.39, 0.29) is 0 Å². The Kier molecular flexibility index (Phi) is 6.26. The minimum Gasteiger partial charge on any atom is -0.480 e. The number of carbonyl (C=O) groups is 3. The van der Waals surface area contributed by atoms with E-state index in [1.807, 2.05) is 5.32 Å². The molecule has 8 heteroatoms. The summed E-state index contributed by atoms with van der Waals surface area (Å²) < 4.78 is 0. The van der Waals surface area contributed by atoms with Crippen molar-refractivity contribution in [3.63, 3.8) is 0 Å². The van der Waals surface area contributed by atoms with Gasteiger partial charge in [0, 0.05) is 5.54 Å². The zero-order valence-corrected chi connectivity index (χ0v) is 11.5. The molecule has 0 spiro atoms. The Morgan fingerprint density at radius 1 is 1.16 bits per heavy atom. The monoisotopic (exact) mass is 275 g/mol. The van der Waals surface area contributed by atoms with Gasteiger partial charge in [-0.15, -0.1) is 0 Å². The molecule has 3 amide bonds. The van der Waals surface area contributed by atoms with Crippen molar-refractivity contribution in [2.45, 2.75) is 45.3 Å². The molecule has 0 aliphatic rings. The molecule has 0 aromatic carbocycles. The first-order chi connectivity index (χ1) is 8.56. The number of hydrogen-bond acceptors (Lipinski definition) is 4. The summed E-state index contributed by atoms with van der Waals surface area (Å²) in [6.45, 7) is 6.12. The standard InChI is InChI=1S/C11H21N3O5/c1-6(8(16)14-11(2,3)4)12-10(19)13-7(5-15)9(17)18/h6-7,15H,5H2,1-4H3,(H,14,16)(H,17,18)(H2,12,13,19). The van der Waals surface area contributed by atoms with Gasteiger partial charge in [0.15, 0.2) is 6.04 Å². The Balaban J connectivity index is 4.33. The van der Waals surface area contributed by atoms with Crippen molar-refractivity contribution in [2.24, 2.45) is 0 Å². The molecule has 0 aliphatic heterocycles. The maximum Gasteiger partial charge on any atom is 0.328 e. The van der Waals surface area contributed by atoms with Crippen LogP contribution in [0.3, 0.4) is 0 Å².